The van der Waals surface area contributed by atoms with Crippen molar-refractivity contribution in [1.29, 1.82) is 0 Å². The Morgan fingerprint density at radius 3 is 2.64 bits per heavy atom. The van der Waals surface area contributed by atoms with Crippen LogP contribution >= 0.6 is 0 Å². The molecule has 0 amide bonds. The van der Waals surface area contributed by atoms with Crippen molar-refractivity contribution in [3.05, 3.63) is 0 Å². The third-order valence-corrected chi connectivity index (χ3v) is 3.78. The lowest BCUT2D eigenvalue weighted by Crippen LogP contribution is -2.64. The van der Waals surface area contributed by atoms with Gasteiger partial charge in [0, 0.05) is 6.42 Å². The number of ketones is 1. The van der Waals surface area contributed by atoms with E-state index in [2.05, 4.69) is 6.92 Å². The highest BCUT2D eigenvalue weighted by molar-refractivity contribution is 6.11. The maximum Gasteiger partial charge on any atom is 0.324 e. The molecule has 1 saturated carbocycles. The minimum atomic E-state index is -0.761. The summed E-state index contributed by atoms with van der Waals surface area (Å²) in [5, 5.41) is 0. The number of carbonyl (C=O) groups excluding carboxylic acids is 2. The van der Waals surface area contributed by atoms with E-state index in [9.17, 15) is 9.59 Å². The van der Waals surface area contributed by atoms with Gasteiger partial charge < -0.3 is 4.74 Å². The van der Waals surface area contributed by atoms with Crippen LogP contribution in [0.5, 0.6) is 0 Å². The van der Waals surface area contributed by atoms with Crippen LogP contribution in [0.4, 0.5) is 0 Å². The molecule has 2 rings (SSSR count). The molecule has 0 spiro atoms. The predicted octanol–water partition coefficient (Wildman–Crippen LogP) is 1.84. The number of Topliss-reactive ketones (excluding diaryl/α,β-unsaturated/α-hetero) is 1. The molecule has 1 saturated heterocycles. The van der Waals surface area contributed by atoms with Crippen molar-refractivity contribution in [2.45, 2.75) is 51.6 Å². The van der Waals surface area contributed by atoms with E-state index in [1.54, 1.807) is 0 Å². The fourth-order valence-electron chi connectivity index (χ4n) is 2.73. The smallest absolute Gasteiger partial charge is 0.324 e. The molecule has 0 bridgehead atoms. The fraction of sp³-hybridized carbons (Fsp3) is 0.818. The highest BCUT2D eigenvalue weighted by Crippen LogP contribution is 2.57. The zero-order valence-electron chi connectivity index (χ0n) is 8.76. The first-order valence-electron chi connectivity index (χ1n) is 5.33. The molecule has 2 fully saturated rings. The summed E-state index contributed by atoms with van der Waals surface area (Å²) in [4.78, 5) is 23.3. The number of esters is 1. The molecule has 14 heavy (non-hydrogen) atoms. The molecule has 0 aromatic heterocycles. The van der Waals surface area contributed by atoms with Crippen LogP contribution in [-0.2, 0) is 14.3 Å². The summed E-state index contributed by atoms with van der Waals surface area (Å²) in [5.74, 6) is -0.180. The van der Waals surface area contributed by atoms with Crippen LogP contribution in [0.25, 0.3) is 0 Å². The minimum absolute atomic E-state index is 0.102. The molecule has 0 unspecified atom stereocenters. The van der Waals surface area contributed by atoms with Crippen LogP contribution in [0.2, 0.25) is 0 Å². The summed E-state index contributed by atoms with van der Waals surface area (Å²) in [6.07, 6.45) is 3.83. The summed E-state index contributed by atoms with van der Waals surface area (Å²) in [7, 11) is 0. The average Bonchev–Trinajstić information content (AvgIpc) is 2.33. The third-order valence-electron chi connectivity index (χ3n) is 3.78. The van der Waals surface area contributed by atoms with Gasteiger partial charge in [0.15, 0.2) is 11.2 Å². The second-order valence-corrected chi connectivity index (χ2v) is 4.55. The van der Waals surface area contributed by atoms with E-state index in [4.69, 9.17) is 4.74 Å². The van der Waals surface area contributed by atoms with Gasteiger partial charge in [0.2, 0.25) is 0 Å². The highest BCUT2D eigenvalue weighted by atomic mass is 16.6. The van der Waals surface area contributed by atoms with Crippen molar-refractivity contribution in [1.82, 2.24) is 0 Å². The van der Waals surface area contributed by atoms with E-state index in [0.29, 0.717) is 19.3 Å². The number of fused-ring (bicyclic) bond motifs is 1. The van der Waals surface area contributed by atoms with Gasteiger partial charge in [-0.1, -0.05) is 19.8 Å². The first-order chi connectivity index (χ1) is 6.57. The Bertz CT molecular complexity index is 297. The van der Waals surface area contributed by atoms with Crippen molar-refractivity contribution in [3.63, 3.8) is 0 Å². The molecule has 1 heterocycles. The topological polar surface area (TPSA) is 43.4 Å². The number of unbranched alkanes of at least 4 members (excludes halogenated alkanes) is 1. The Balaban J connectivity index is 2.26. The van der Waals surface area contributed by atoms with Crippen molar-refractivity contribution in [2.24, 2.45) is 5.41 Å². The van der Waals surface area contributed by atoms with Gasteiger partial charge in [-0.15, -0.1) is 0 Å². The molecule has 1 aliphatic heterocycles. The van der Waals surface area contributed by atoms with Crippen LogP contribution in [0.1, 0.15) is 46.0 Å². The van der Waals surface area contributed by atoms with E-state index in [0.717, 1.165) is 12.8 Å². The first kappa shape index (κ1) is 9.69. The van der Waals surface area contributed by atoms with Crippen LogP contribution in [-0.4, -0.2) is 17.4 Å². The lowest BCUT2D eigenvalue weighted by atomic mass is 9.66. The third kappa shape index (κ3) is 0.877. The minimum Gasteiger partial charge on any atom is -0.457 e. The second-order valence-electron chi connectivity index (χ2n) is 4.55. The van der Waals surface area contributed by atoms with Gasteiger partial charge in [0.1, 0.15) is 5.60 Å². The van der Waals surface area contributed by atoms with Gasteiger partial charge in [-0.3, -0.25) is 9.59 Å². The Morgan fingerprint density at radius 2 is 2.14 bits per heavy atom. The van der Waals surface area contributed by atoms with Gasteiger partial charge in [0.05, 0.1) is 0 Å². The number of hydrogen-bond acceptors (Lipinski definition) is 3. The molecule has 1 aliphatic carbocycles. The van der Waals surface area contributed by atoms with Crippen LogP contribution in [0.3, 0.4) is 0 Å². The molecule has 3 nitrogen and oxygen atoms in total. The Kier molecular flexibility index (Phi) is 1.95. The van der Waals surface area contributed by atoms with E-state index in [-0.39, 0.29) is 11.8 Å². The maximum absolute atomic E-state index is 11.8. The quantitative estimate of drug-likeness (QED) is 0.511. The zero-order valence-corrected chi connectivity index (χ0v) is 8.76. The molecule has 78 valence electrons. The van der Waals surface area contributed by atoms with Crippen LogP contribution < -0.4 is 0 Å². The van der Waals surface area contributed by atoms with Crippen LogP contribution in [0, 0.1) is 5.41 Å². The van der Waals surface area contributed by atoms with E-state index < -0.39 is 11.0 Å². The molecule has 0 N–H and O–H groups in total. The van der Waals surface area contributed by atoms with E-state index in [1.807, 2.05) is 6.92 Å². The molecule has 2 aliphatic rings. The SMILES string of the molecule is CCCC[C@]12C(=O)CC[C@@]1(C)OC2=O. The van der Waals surface area contributed by atoms with E-state index >= 15 is 0 Å². The Labute approximate surface area is 83.8 Å². The Morgan fingerprint density at radius 1 is 1.43 bits per heavy atom. The number of carbonyl (C=O) groups is 2. The standard InChI is InChI=1S/C11H16O3/c1-3-4-6-11-8(12)5-7-10(11,2)14-9(11)13/h3-7H2,1-2H3/t10-,11-/m1/s1. The second kappa shape index (κ2) is 2.81. The largest absolute Gasteiger partial charge is 0.457 e. The summed E-state index contributed by atoms with van der Waals surface area (Å²) in [6, 6.07) is 0. The summed E-state index contributed by atoms with van der Waals surface area (Å²) in [6.45, 7) is 3.96. The van der Waals surface area contributed by atoms with Gasteiger partial charge in [0.25, 0.3) is 0 Å². The highest BCUT2D eigenvalue weighted by Gasteiger charge is 2.72. The lowest BCUT2D eigenvalue weighted by Gasteiger charge is -2.49. The molecule has 3 heteroatoms. The van der Waals surface area contributed by atoms with Gasteiger partial charge in [-0.25, -0.2) is 0 Å². The molecule has 0 aromatic rings. The normalized spacial score (nSPS) is 40.4. The monoisotopic (exact) mass is 196 g/mol. The fourth-order valence-corrected chi connectivity index (χ4v) is 2.73. The Hall–Kier alpha value is -0.860. The number of ether oxygens (including phenoxy) is 1. The predicted molar refractivity (Wildman–Crippen MR) is 50.7 cm³/mol. The lowest BCUT2D eigenvalue weighted by molar-refractivity contribution is -0.227. The van der Waals surface area contributed by atoms with Crippen molar-refractivity contribution >= 4 is 11.8 Å². The van der Waals surface area contributed by atoms with E-state index in [1.165, 1.54) is 0 Å². The maximum atomic E-state index is 11.8. The van der Waals surface area contributed by atoms with Gasteiger partial charge >= 0.3 is 5.97 Å². The summed E-state index contributed by atoms with van der Waals surface area (Å²) >= 11 is 0. The van der Waals surface area contributed by atoms with Gasteiger partial charge in [-0.05, 0) is 19.8 Å². The first-order valence-corrected chi connectivity index (χ1v) is 5.33. The van der Waals surface area contributed by atoms with Gasteiger partial charge in [-0.2, -0.15) is 0 Å². The van der Waals surface area contributed by atoms with Crippen LogP contribution in [0.15, 0.2) is 0 Å². The summed E-state index contributed by atoms with van der Waals surface area (Å²) in [5.41, 5.74) is -1.24. The van der Waals surface area contributed by atoms with Crippen molar-refractivity contribution in [3.8, 4) is 0 Å². The van der Waals surface area contributed by atoms with Crippen molar-refractivity contribution < 1.29 is 14.3 Å². The number of hydrogen-bond donors (Lipinski definition) is 0. The average molecular weight is 196 g/mol. The zero-order chi connectivity index (χ0) is 10.4. The molecule has 2 atom stereocenters. The molecular weight excluding hydrogens is 180 g/mol. The number of rotatable bonds is 3. The summed E-state index contributed by atoms with van der Waals surface area (Å²) < 4.78 is 5.16. The molecule has 0 aromatic carbocycles. The molecule has 0 radical (unpaired) electrons. The molecular formula is C11H16O3. The van der Waals surface area contributed by atoms with Crippen molar-refractivity contribution in [2.75, 3.05) is 0 Å².